The molecular formula is C19H19NOS2. The van der Waals surface area contributed by atoms with Crippen molar-refractivity contribution in [2.75, 3.05) is 0 Å². The van der Waals surface area contributed by atoms with Crippen LogP contribution in [-0.2, 0) is 4.79 Å². The quantitative estimate of drug-likeness (QED) is 0.750. The molecule has 2 aromatic rings. The van der Waals surface area contributed by atoms with Gasteiger partial charge in [0.1, 0.15) is 4.32 Å². The van der Waals surface area contributed by atoms with Gasteiger partial charge in [0.2, 0.25) is 5.91 Å². The maximum atomic E-state index is 12.8. The summed E-state index contributed by atoms with van der Waals surface area (Å²) in [4.78, 5) is 14.6. The lowest BCUT2D eigenvalue weighted by Gasteiger charge is -2.28. The van der Waals surface area contributed by atoms with Gasteiger partial charge in [-0.25, -0.2) is 0 Å². The Hall–Kier alpha value is -1.65. The van der Waals surface area contributed by atoms with Gasteiger partial charge in [-0.1, -0.05) is 91.1 Å². The van der Waals surface area contributed by atoms with E-state index in [4.69, 9.17) is 12.2 Å². The molecule has 2 aromatic carbocycles. The molecule has 0 radical (unpaired) electrons. The number of hydrogen-bond donors (Lipinski definition) is 0. The van der Waals surface area contributed by atoms with Crippen molar-refractivity contribution in [1.82, 2.24) is 4.90 Å². The first-order chi connectivity index (χ1) is 11.1. The number of carbonyl (C=O) groups is 1. The van der Waals surface area contributed by atoms with Crippen LogP contribution in [0, 0.1) is 6.92 Å². The number of amides is 1. The lowest BCUT2D eigenvalue weighted by Crippen LogP contribution is -2.35. The Morgan fingerprint density at radius 1 is 1.09 bits per heavy atom. The minimum Gasteiger partial charge on any atom is -0.285 e. The van der Waals surface area contributed by atoms with Crippen LogP contribution < -0.4 is 0 Å². The monoisotopic (exact) mass is 341 g/mol. The fourth-order valence-corrected chi connectivity index (χ4v) is 4.32. The molecule has 0 N–H and O–H groups in total. The third kappa shape index (κ3) is 3.19. The number of carbonyl (C=O) groups excluding carboxylic acids is 1. The van der Waals surface area contributed by atoms with Gasteiger partial charge >= 0.3 is 0 Å². The third-order valence-electron chi connectivity index (χ3n) is 4.09. The minimum atomic E-state index is -0.152. The van der Waals surface area contributed by atoms with Crippen molar-refractivity contribution in [1.29, 1.82) is 0 Å². The maximum Gasteiger partial charge on any atom is 0.242 e. The molecule has 23 heavy (non-hydrogen) atoms. The summed E-state index contributed by atoms with van der Waals surface area (Å²) in [5.74, 6) is 0.122. The molecule has 1 heterocycles. The molecule has 0 bridgehead atoms. The van der Waals surface area contributed by atoms with Gasteiger partial charge in [0.25, 0.3) is 0 Å². The molecule has 118 valence electrons. The molecule has 2 nitrogen and oxygen atoms in total. The summed E-state index contributed by atoms with van der Waals surface area (Å²) < 4.78 is 0.677. The van der Waals surface area contributed by atoms with Crippen molar-refractivity contribution in [3.63, 3.8) is 0 Å². The average molecular weight is 342 g/mol. The van der Waals surface area contributed by atoms with Crippen LogP contribution in [-0.4, -0.2) is 20.4 Å². The highest BCUT2D eigenvalue weighted by Gasteiger charge is 2.40. The maximum absolute atomic E-state index is 12.8. The van der Waals surface area contributed by atoms with E-state index < -0.39 is 0 Å². The van der Waals surface area contributed by atoms with Crippen LogP contribution in [0.5, 0.6) is 0 Å². The minimum absolute atomic E-state index is 0.0563. The van der Waals surface area contributed by atoms with Crippen LogP contribution in [0.15, 0.2) is 54.6 Å². The average Bonchev–Trinajstić information content (AvgIpc) is 2.85. The van der Waals surface area contributed by atoms with Gasteiger partial charge in [0.05, 0.1) is 11.3 Å². The molecule has 1 fully saturated rings. The fraction of sp³-hybridized carbons (Fsp3) is 0.263. The highest BCUT2D eigenvalue weighted by molar-refractivity contribution is 8.24. The zero-order valence-corrected chi connectivity index (χ0v) is 14.9. The molecular weight excluding hydrogens is 322 g/mol. The molecule has 0 aromatic heterocycles. The van der Waals surface area contributed by atoms with Crippen molar-refractivity contribution in [3.05, 3.63) is 71.3 Å². The predicted molar refractivity (Wildman–Crippen MR) is 101 cm³/mol. The van der Waals surface area contributed by atoms with Gasteiger partial charge in [-0.15, -0.1) is 0 Å². The molecule has 0 saturated carbocycles. The normalized spacial score (nSPS) is 19.2. The van der Waals surface area contributed by atoms with Crippen LogP contribution in [0.4, 0.5) is 0 Å². The summed E-state index contributed by atoms with van der Waals surface area (Å²) in [7, 11) is 0. The van der Waals surface area contributed by atoms with Gasteiger partial charge in [-0.2, -0.15) is 0 Å². The zero-order chi connectivity index (χ0) is 16.4. The van der Waals surface area contributed by atoms with Gasteiger partial charge in [0.15, 0.2) is 0 Å². The lowest BCUT2D eigenvalue weighted by atomic mass is 9.96. The van der Waals surface area contributed by atoms with E-state index in [1.54, 1.807) is 4.90 Å². The van der Waals surface area contributed by atoms with Gasteiger partial charge in [-0.3, -0.25) is 9.69 Å². The standard InChI is InChI=1S/C19H19NOS2/c1-3-16-18(21)20(19(22)23-16)17(14-7-5-4-6-8-14)15-11-9-13(2)10-12-15/h4-12,16-17H,3H2,1-2H3. The van der Waals surface area contributed by atoms with Gasteiger partial charge in [0, 0.05) is 0 Å². The first-order valence-electron chi connectivity index (χ1n) is 7.77. The Bertz CT molecular complexity index is 712. The molecule has 2 unspecified atom stereocenters. The molecule has 0 spiro atoms. The Labute approximate surface area is 146 Å². The third-order valence-corrected chi connectivity index (χ3v) is 5.79. The van der Waals surface area contributed by atoms with Crippen LogP contribution in [0.2, 0.25) is 0 Å². The second kappa shape index (κ2) is 6.85. The number of benzene rings is 2. The summed E-state index contributed by atoms with van der Waals surface area (Å²) in [5.41, 5.74) is 3.39. The van der Waals surface area contributed by atoms with E-state index in [2.05, 4.69) is 43.3 Å². The molecule has 1 aliphatic rings. The molecule has 1 aliphatic heterocycles. The van der Waals surface area contributed by atoms with Crippen LogP contribution >= 0.6 is 24.0 Å². The Kier molecular flexibility index (Phi) is 4.83. The summed E-state index contributed by atoms with van der Waals surface area (Å²) >= 11 is 7.04. The topological polar surface area (TPSA) is 20.3 Å². The van der Waals surface area contributed by atoms with E-state index in [0.717, 1.165) is 17.5 Å². The van der Waals surface area contributed by atoms with Gasteiger partial charge < -0.3 is 0 Å². The van der Waals surface area contributed by atoms with Crippen LogP contribution in [0.3, 0.4) is 0 Å². The zero-order valence-electron chi connectivity index (χ0n) is 13.2. The molecule has 0 aliphatic carbocycles. The number of nitrogens with zero attached hydrogens (tertiary/aromatic N) is 1. The summed E-state index contributed by atoms with van der Waals surface area (Å²) in [6, 6.07) is 18.3. The largest absolute Gasteiger partial charge is 0.285 e. The Morgan fingerprint density at radius 2 is 1.70 bits per heavy atom. The summed E-state index contributed by atoms with van der Waals surface area (Å²) in [6.07, 6.45) is 0.801. The van der Waals surface area contributed by atoms with E-state index in [1.807, 2.05) is 25.1 Å². The fourth-order valence-electron chi connectivity index (χ4n) is 2.84. The van der Waals surface area contributed by atoms with E-state index in [1.165, 1.54) is 17.3 Å². The second-order valence-electron chi connectivity index (χ2n) is 5.71. The summed E-state index contributed by atoms with van der Waals surface area (Å²) in [6.45, 7) is 4.10. The first-order valence-corrected chi connectivity index (χ1v) is 9.05. The lowest BCUT2D eigenvalue weighted by molar-refractivity contribution is -0.127. The summed E-state index contributed by atoms with van der Waals surface area (Å²) in [5, 5.41) is -0.0563. The van der Waals surface area contributed by atoms with E-state index in [9.17, 15) is 4.79 Å². The number of thiocarbonyl (C=S) groups is 1. The Balaban J connectivity index is 2.07. The molecule has 1 amide bonds. The first kappa shape index (κ1) is 16.2. The van der Waals surface area contributed by atoms with Gasteiger partial charge in [-0.05, 0) is 24.5 Å². The number of thioether (sulfide) groups is 1. The van der Waals surface area contributed by atoms with Crippen molar-refractivity contribution in [2.24, 2.45) is 0 Å². The van der Waals surface area contributed by atoms with E-state index >= 15 is 0 Å². The smallest absolute Gasteiger partial charge is 0.242 e. The Morgan fingerprint density at radius 3 is 2.26 bits per heavy atom. The SMILES string of the molecule is CCC1SC(=S)N(C(c2ccccc2)c2ccc(C)cc2)C1=O. The number of aryl methyl sites for hydroxylation is 1. The van der Waals surface area contributed by atoms with E-state index in [0.29, 0.717) is 4.32 Å². The number of rotatable bonds is 4. The van der Waals surface area contributed by atoms with Crippen molar-refractivity contribution >= 4 is 34.2 Å². The molecule has 3 rings (SSSR count). The number of hydrogen-bond acceptors (Lipinski definition) is 3. The van der Waals surface area contributed by atoms with Crippen LogP contribution in [0.25, 0.3) is 0 Å². The molecule has 2 atom stereocenters. The van der Waals surface area contributed by atoms with Crippen molar-refractivity contribution in [3.8, 4) is 0 Å². The molecule has 4 heteroatoms. The highest BCUT2D eigenvalue weighted by Crippen LogP contribution is 2.39. The van der Waals surface area contributed by atoms with Crippen molar-refractivity contribution in [2.45, 2.75) is 31.6 Å². The highest BCUT2D eigenvalue weighted by atomic mass is 32.2. The predicted octanol–water partition coefficient (Wildman–Crippen LogP) is 4.72. The van der Waals surface area contributed by atoms with E-state index in [-0.39, 0.29) is 17.2 Å². The molecule has 1 saturated heterocycles. The van der Waals surface area contributed by atoms with Crippen molar-refractivity contribution < 1.29 is 4.79 Å². The van der Waals surface area contributed by atoms with Crippen LogP contribution in [0.1, 0.15) is 36.1 Å². The second-order valence-corrected chi connectivity index (χ2v) is 7.55.